The summed E-state index contributed by atoms with van der Waals surface area (Å²) in [7, 11) is 0. The number of nitrogens with zero attached hydrogens (tertiary/aromatic N) is 3. The zero-order valence-electron chi connectivity index (χ0n) is 16.8. The van der Waals surface area contributed by atoms with Gasteiger partial charge < -0.3 is 10.0 Å². The van der Waals surface area contributed by atoms with Gasteiger partial charge >= 0.3 is 6.18 Å². The number of benzene rings is 2. The molecule has 9 heteroatoms. The van der Waals surface area contributed by atoms with Crippen LogP contribution in [0.1, 0.15) is 11.1 Å². The summed E-state index contributed by atoms with van der Waals surface area (Å²) in [6, 6.07) is 11.6. The first kappa shape index (κ1) is 22.7. The van der Waals surface area contributed by atoms with E-state index in [1.807, 2.05) is 24.3 Å². The highest BCUT2D eigenvalue weighted by atomic mass is 35.5. The average molecular weight is 474 g/mol. The fraction of sp³-hybridized carbons (Fsp3) is 0.455. The summed E-state index contributed by atoms with van der Waals surface area (Å²) >= 11 is 11.7. The summed E-state index contributed by atoms with van der Waals surface area (Å²) in [4.78, 5) is 6.40. The maximum absolute atomic E-state index is 13.2. The molecule has 2 aromatic carbocycles. The molecule has 0 spiro atoms. The minimum Gasteiger partial charge on any atom is -0.390 e. The summed E-state index contributed by atoms with van der Waals surface area (Å²) in [6.45, 7) is 4.96. The normalized spacial score (nSPS) is 23.5. The zero-order valence-corrected chi connectivity index (χ0v) is 18.3. The van der Waals surface area contributed by atoms with E-state index in [1.165, 1.54) is 11.6 Å². The van der Waals surface area contributed by atoms with Crippen LogP contribution in [0.15, 0.2) is 42.5 Å². The first-order chi connectivity index (χ1) is 14.7. The maximum Gasteiger partial charge on any atom is 0.417 e. The van der Waals surface area contributed by atoms with Crippen LogP contribution in [-0.4, -0.2) is 66.3 Å². The van der Waals surface area contributed by atoms with E-state index in [4.69, 9.17) is 23.2 Å². The highest BCUT2D eigenvalue weighted by Gasteiger charge is 2.38. The molecule has 2 heterocycles. The zero-order chi connectivity index (χ0) is 22.2. The van der Waals surface area contributed by atoms with Gasteiger partial charge in [0.25, 0.3) is 0 Å². The number of aliphatic hydroxyl groups excluding tert-OH is 1. The van der Waals surface area contributed by atoms with Gasteiger partial charge in [-0.05, 0) is 35.9 Å². The largest absolute Gasteiger partial charge is 0.417 e. The van der Waals surface area contributed by atoms with Crippen molar-refractivity contribution < 1.29 is 18.3 Å². The van der Waals surface area contributed by atoms with Gasteiger partial charge in [-0.1, -0.05) is 35.3 Å². The van der Waals surface area contributed by atoms with E-state index in [0.29, 0.717) is 18.8 Å². The van der Waals surface area contributed by atoms with Crippen LogP contribution >= 0.6 is 23.2 Å². The number of rotatable bonds is 4. The second-order valence-corrected chi connectivity index (χ2v) is 8.98. The SMILES string of the molecule is OC1CN(c2ccc(Cl)c(C(F)(F)F)c2)CC1N1CCN(Cc2ccc(Cl)cc2)CC1. The highest BCUT2D eigenvalue weighted by Crippen LogP contribution is 2.37. The molecule has 0 aromatic heterocycles. The number of halogens is 5. The van der Waals surface area contributed by atoms with Crippen molar-refractivity contribution in [3.63, 3.8) is 0 Å². The molecule has 2 aromatic rings. The highest BCUT2D eigenvalue weighted by molar-refractivity contribution is 6.31. The van der Waals surface area contributed by atoms with Gasteiger partial charge in [0.1, 0.15) is 0 Å². The molecular formula is C22H24Cl2F3N3O. The van der Waals surface area contributed by atoms with Gasteiger partial charge in [-0.25, -0.2) is 0 Å². The number of alkyl halides is 3. The molecule has 2 fully saturated rings. The Morgan fingerprint density at radius 1 is 0.935 bits per heavy atom. The summed E-state index contributed by atoms with van der Waals surface area (Å²) in [5, 5.41) is 11.0. The lowest BCUT2D eigenvalue weighted by Gasteiger charge is -2.38. The predicted molar refractivity (Wildman–Crippen MR) is 117 cm³/mol. The Morgan fingerprint density at radius 3 is 2.26 bits per heavy atom. The van der Waals surface area contributed by atoms with E-state index in [2.05, 4.69) is 9.80 Å². The Bertz CT molecular complexity index is 902. The molecule has 4 nitrogen and oxygen atoms in total. The molecule has 1 N–H and O–H groups in total. The lowest BCUT2D eigenvalue weighted by atomic mass is 10.1. The second-order valence-electron chi connectivity index (χ2n) is 8.14. The summed E-state index contributed by atoms with van der Waals surface area (Å²) in [6.07, 6.45) is -5.13. The van der Waals surface area contributed by atoms with Crippen LogP contribution in [0.2, 0.25) is 10.0 Å². The number of piperazine rings is 1. The summed E-state index contributed by atoms with van der Waals surface area (Å²) in [5.74, 6) is 0. The molecular weight excluding hydrogens is 450 g/mol. The Balaban J connectivity index is 1.36. The molecule has 2 unspecified atom stereocenters. The second kappa shape index (κ2) is 9.16. The minimum absolute atomic E-state index is 0.109. The van der Waals surface area contributed by atoms with E-state index < -0.39 is 17.8 Å². The molecule has 2 atom stereocenters. The van der Waals surface area contributed by atoms with E-state index in [-0.39, 0.29) is 11.1 Å². The van der Waals surface area contributed by atoms with Crippen molar-refractivity contribution in [2.45, 2.75) is 24.9 Å². The molecule has 0 aliphatic carbocycles. The molecule has 0 saturated carbocycles. The van der Waals surface area contributed by atoms with Gasteiger partial charge in [0, 0.05) is 56.5 Å². The molecule has 2 saturated heterocycles. The maximum atomic E-state index is 13.2. The average Bonchev–Trinajstić information content (AvgIpc) is 3.11. The van der Waals surface area contributed by atoms with Gasteiger partial charge in [0.05, 0.1) is 22.7 Å². The third kappa shape index (κ3) is 5.29. The van der Waals surface area contributed by atoms with Gasteiger partial charge in [0.2, 0.25) is 0 Å². The number of hydrogen-bond donors (Lipinski definition) is 1. The first-order valence-corrected chi connectivity index (χ1v) is 11.0. The van der Waals surface area contributed by atoms with Crippen LogP contribution in [0.3, 0.4) is 0 Å². The van der Waals surface area contributed by atoms with Crippen LogP contribution in [0.25, 0.3) is 0 Å². The van der Waals surface area contributed by atoms with Crippen LogP contribution in [-0.2, 0) is 12.7 Å². The van der Waals surface area contributed by atoms with Gasteiger partial charge in [-0.2, -0.15) is 13.2 Å². The van der Waals surface area contributed by atoms with Crippen LogP contribution in [0.4, 0.5) is 18.9 Å². The number of hydrogen-bond acceptors (Lipinski definition) is 4. The number of β-amino-alcohol motifs (C(OH)–C–C–N with tert-alkyl or cyclic N) is 1. The molecule has 0 bridgehead atoms. The van der Waals surface area contributed by atoms with Crippen molar-refractivity contribution in [2.75, 3.05) is 44.2 Å². The number of anilines is 1. The van der Waals surface area contributed by atoms with Gasteiger partial charge in [-0.3, -0.25) is 9.80 Å². The molecule has 168 valence electrons. The van der Waals surface area contributed by atoms with Crippen molar-refractivity contribution in [3.8, 4) is 0 Å². The molecule has 31 heavy (non-hydrogen) atoms. The Morgan fingerprint density at radius 2 is 1.61 bits per heavy atom. The fourth-order valence-corrected chi connectivity index (χ4v) is 4.72. The van der Waals surface area contributed by atoms with Crippen LogP contribution in [0, 0.1) is 0 Å². The smallest absolute Gasteiger partial charge is 0.390 e. The van der Waals surface area contributed by atoms with Crippen molar-refractivity contribution in [1.82, 2.24) is 9.80 Å². The van der Waals surface area contributed by atoms with Crippen LogP contribution in [0.5, 0.6) is 0 Å². The lowest BCUT2D eigenvalue weighted by molar-refractivity contribution is -0.137. The van der Waals surface area contributed by atoms with Crippen molar-refractivity contribution in [1.29, 1.82) is 0 Å². The fourth-order valence-electron chi connectivity index (χ4n) is 4.37. The Hall–Kier alpha value is -1.51. The first-order valence-electron chi connectivity index (χ1n) is 10.2. The Labute approximate surface area is 189 Å². The molecule has 4 rings (SSSR count). The molecule has 2 aliphatic heterocycles. The van der Waals surface area contributed by atoms with Gasteiger partial charge in [-0.15, -0.1) is 0 Å². The predicted octanol–water partition coefficient (Wildman–Crippen LogP) is 4.38. The molecule has 2 aliphatic rings. The molecule has 0 radical (unpaired) electrons. The Kier molecular flexibility index (Phi) is 6.70. The van der Waals surface area contributed by atoms with Crippen molar-refractivity contribution >= 4 is 28.9 Å². The minimum atomic E-state index is -4.51. The van der Waals surface area contributed by atoms with E-state index in [9.17, 15) is 18.3 Å². The monoisotopic (exact) mass is 473 g/mol. The van der Waals surface area contributed by atoms with Gasteiger partial charge in [0.15, 0.2) is 0 Å². The quantitative estimate of drug-likeness (QED) is 0.713. The molecule has 0 amide bonds. The van der Waals surface area contributed by atoms with E-state index in [1.54, 1.807) is 11.0 Å². The summed E-state index contributed by atoms with van der Waals surface area (Å²) < 4.78 is 39.6. The van der Waals surface area contributed by atoms with Crippen LogP contribution < -0.4 is 4.90 Å². The van der Waals surface area contributed by atoms with E-state index in [0.717, 1.165) is 43.8 Å². The number of aliphatic hydroxyl groups is 1. The van der Waals surface area contributed by atoms with Crippen molar-refractivity contribution in [3.05, 3.63) is 63.6 Å². The van der Waals surface area contributed by atoms with Crippen molar-refractivity contribution in [2.24, 2.45) is 0 Å². The summed E-state index contributed by atoms with van der Waals surface area (Å²) in [5.41, 5.74) is 0.785. The van der Waals surface area contributed by atoms with E-state index >= 15 is 0 Å². The topological polar surface area (TPSA) is 30.0 Å². The lowest BCUT2D eigenvalue weighted by Crippen LogP contribution is -2.53. The third-order valence-electron chi connectivity index (χ3n) is 6.07. The standard InChI is InChI=1S/C22H24Cl2F3N3O/c23-16-3-1-15(2-4-16)12-28-7-9-29(10-8-28)20-13-30(14-21(20)31)17-5-6-19(24)18(11-17)22(25,26)27/h1-6,11,20-21,31H,7-10,12-14H2. The third-order valence-corrected chi connectivity index (χ3v) is 6.66.